The summed E-state index contributed by atoms with van der Waals surface area (Å²) in [5.74, 6) is -1.01. The van der Waals surface area contributed by atoms with Crippen LogP contribution in [0.25, 0.3) is 0 Å². The topological polar surface area (TPSA) is 55.1 Å². The van der Waals surface area contributed by atoms with Crippen molar-refractivity contribution < 1.29 is 9.18 Å². The maximum atomic E-state index is 13.4. The molecule has 0 radical (unpaired) electrons. The third-order valence-electron chi connectivity index (χ3n) is 2.06. The first-order valence-electron chi connectivity index (χ1n) is 4.67. The van der Waals surface area contributed by atoms with E-state index in [-0.39, 0.29) is 5.69 Å². The Morgan fingerprint density at radius 3 is 2.76 bits per heavy atom. The Kier molecular flexibility index (Phi) is 3.31. The van der Waals surface area contributed by atoms with Crippen LogP contribution in [-0.2, 0) is 0 Å². The van der Waals surface area contributed by atoms with Gasteiger partial charge in [0.2, 0.25) is 0 Å². The van der Waals surface area contributed by atoms with Crippen molar-refractivity contribution in [2.45, 2.75) is 0 Å². The second-order valence-corrected chi connectivity index (χ2v) is 4.61. The zero-order valence-corrected chi connectivity index (χ0v) is 10.1. The number of hydrogen-bond acceptors (Lipinski definition) is 3. The van der Waals surface area contributed by atoms with Gasteiger partial charge >= 0.3 is 0 Å². The molecule has 2 rings (SSSR count). The molecule has 0 saturated heterocycles. The molecule has 0 atom stereocenters. The lowest BCUT2D eigenvalue weighted by Gasteiger charge is -2.05. The minimum absolute atomic E-state index is 0.0775. The maximum absolute atomic E-state index is 13.4. The zero-order chi connectivity index (χ0) is 12.4. The van der Waals surface area contributed by atoms with Gasteiger partial charge in [-0.15, -0.1) is 11.3 Å². The van der Waals surface area contributed by atoms with Crippen LogP contribution in [0.1, 0.15) is 9.67 Å². The maximum Gasteiger partial charge on any atom is 0.267 e. The fourth-order valence-corrected chi connectivity index (χ4v) is 2.30. The van der Waals surface area contributed by atoms with Gasteiger partial charge in [0, 0.05) is 5.69 Å². The Labute approximate surface area is 106 Å². The Balaban J connectivity index is 2.22. The number of nitrogen functional groups attached to an aromatic ring is 1. The highest BCUT2D eigenvalue weighted by Gasteiger charge is 2.13. The van der Waals surface area contributed by atoms with Crippen LogP contribution in [-0.4, -0.2) is 5.91 Å². The highest BCUT2D eigenvalue weighted by molar-refractivity contribution is 7.12. The van der Waals surface area contributed by atoms with Crippen LogP contribution in [0.3, 0.4) is 0 Å². The summed E-state index contributed by atoms with van der Waals surface area (Å²) >= 11 is 7.00. The van der Waals surface area contributed by atoms with Gasteiger partial charge in [-0.3, -0.25) is 4.79 Å². The van der Waals surface area contributed by atoms with Crippen molar-refractivity contribution in [3.8, 4) is 0 Å². The van der Waals surface area contributed by atoms with Gasteiger partial charge in [-0.25, -0.2) is 4.39 Å². The zero-order valence-electron chi connectivity index (χ0n) is 8.54. The number of carbonyl (C=O) groups is 1. The Hall–Kier alpha value is -1.59. The van der Waals surface area contributed by atoms with Crippen LogP contribution in [0, 0.1) is 5.82 Å². The highest BCUT2D eigenvalue weighted by atomic mass is 35.5. The van der Waals surface area contributed by atoms with Gasteiger partial charge in [-0.2, -0.15) is 0 Å². The molecule has 0 spiro atoms. The normalized spacial score (nSPS) is 10.2. The van der Waals surface area contributed by atoms with Gasteiger partial charge in [0.15, 0.2) is 0 Å². The first-order chi connectivity index (χ1) is 8.08. The van der Waals surface area contributed by atoms with Gasteiger partial charge in [0.1, 0.15) is 10.7 Å². The van der Waals surface area contributed by atoms with Crippen LogP contribution in [0.5, 0.6) is 0 Å². The lowest BCUT2D eigenvalue weighted by Crippen LogP contribution is -2.12. The molecule has 6 heteroatoms. The molecule has 3 nitrogen and oxygen atoms in total. The predicted molar refractivity (Wildman–Crippen MR) is 68.1 cm³/mol. The first kappa shape index (κ1) is 11.9. The lowest BCUT2D eigenvalue weighted by molar-refractivity contribution is 0.103. The number of rotatable bonds is 2. The molecule has 0 aliphatic heterocycles. The number of amides is 1. The summed E-state index contributed by atoms with van der Waals surface area (Å²) in [6.45, 7) is 0. The number of nitrogens with one attached hydrogen (secondary N) is 1. The van der Waals surface area contributed by atoms with Crippen LogP contribution >= 0.6 is 22.9 Å². The molecule has 0 unspecified atom stereocenters. The largest absolute Gasteiger partial charge is 0.399 e. The average molecular weight is 271 g/mol. The third-order valence-corrected chi connectivity index (χ3v) is 3.40. The molecule has 1 aromatic carbocycles. The summed E-state index contributed by atoms with van der Waals surface area (Å²) in [6, 6.07) is 5.67. The molecule has 1 amide bonds. The summed E-state index contributed by atoms with van der Waals surface area (Å²) in [4.78, 5) is 12.1. The van der Waals surface area contributed by atoms with Crippen molar-refractivity contribution in [3.63, 3.8) is 0 Å². The molecule has 17 heavy (non-hydrogen) atoms. The van der Waals surface area contributed by atoms with Gasteiger partial charge in [-0.1, -0.05) is 11.6 Å². The number of hydrogen-bond donors (Lipinski definition) is 2. The van der Waals surface area contributed by atoms with Crippen molar-refractivity contribution >= 4 is 40.2 Å². The van der Waals surface area contributed by atoms with Crippen molar-refractivity contribution in [2.24, 2.45) is 0 Å². The SMILES string of the molecule is Nc1ccc(NC(=O)c2sccc2Cl)c(F)c1. The summed E-state index contributed by atoms with van der Waals surface area (Å²) < 4.78 is 13.4. The second-order valence-electron chi connectivity index (χ2n) is 3.29. The van der Waals surface area contributed by atoms with Crippen LogP contribution < -0.4 is 11.1 Å². The molecule has 88 valence electrons. The van der Waals surface area contributed by atoms with Crippen LogP contribution in [0.15, 0.2) is 29.6 Å². The molecule has 0 aliphatic carbocycles. The predicted octanol–water partition coefficient (Wildman–Crippen LogP) is 3.38. The van der Waals surface area contributed by atoms with Crippen molar-refractivity contribution in [1.82, 2.24) is 0 Å². The average Bonchev–Trinajstić information content (AvgIpc) is 2.68. The van der Waals surface area contributed by atoms with E-state index in [1.54, 1.807) is 11.4 Å². The Morgan fingerprint density at radius 1 is 1.41 bits per heavy atom. The number of halogens is 2. The molecule has 0 saturated carbocycles. The van der Waals surface area contributed by atoms with E-state index in [0.717, 1.165) is 6.07 Å². The Morgan fingerprint density at radius 2 is 2.18 bits per heavy atom. The number of carbonyl (C=O) groups excluding carboxylic acids is 1. The molecule has 0 bridgehead atoms. The van der Waals surface area contributed by atoms with Crippen LogP contribution in [0.2, 0.25) is 5.02 Å². The van der Waals surface area contributed by atoms with E-state index in [1.165, 1.54) is 23.5 Å². The third kappa shape index (κ3) is 2.57. The molecule has 3 N–H and O–H groups in total. The lowest BCUT2D eigenvalue weighted by atomic mass is 10.2. The number of thiophene rings is 1. The van der Waals surface area contributed by atoms with Crippen molar-refractivity contribution in [2.75, 3.05) is 11.1 Å². The highest BCUT2D eigenvalue weighted by Crippen LogP contribution is 2.24. The van der Waals surface area contributed by atoms with E-state index in [0.29, 0.717) is 15.6 Å². The summed E-state index contributed by atoms with van der Waals surface area (Å²) in [6.07, 6.45) is 0. The summed E-state index contributed by atoms with van der Waals surface area (Å²) in [5, 5.41) is 4.48. The van der Waals surface area contributed by atoms with Gasteiger partial charge in [-0.05, 0) is 29.6 Å². The Bertz CT molecular complexity index is 570. The smallest absolute Gasteiger partial charge is 0.267 e. The number of benzene rings is 1. The van der Waals surface area contributed by atoms with E-state index < -0.39 is 11.7 Å². The first-order valence-corrected chi connectivity index (χ1v) is 5.93. The minimum atomic E-state index is -0.578. The second kappa shape index (κ2) is 4.73. The summed E-state index contributed by atoms with van der Waals surface area (Å²) in [5.41, 5.74) is 5.78. The van der Waals surface area contributed by atoms with E-state index in [9.17, 15) is 9.18 Å². The number of nitrogens with two attached hydrogens (primary N) is 1. The standard InChI is InChI=1S/C11H8ClFN2OS/c12-7-3-4-17-10(7)11(16)15-9-2-1-6(14)5-8(9)13/h1-5H,14H2,(H,15,16). The van der Waals surface area contributed by atoms with Crippen molar-refractivity contribution in [3.05, 3.63) is 45.4 Å². The molecular weight excluding hydrogens is 263 g/mol. The fourth-order valence-electron chi connectivity index (χ4n) is 1.27. The fraction of sp³-hybridized carbons (Fsp3) is 0. The molecule has 0 fully saturated rings. The van der Waals surface area contributed by atoms with Gasteiger partial charge < -0.3 is 11.1 Å². The molecule has 2 aromatic rings. The van der Waals surface area contributed by atoms with E-state index >= 15 is 0 Å². The molecule has 1 aromatic heterocycles. The molecular formula is C11H8ClFN2OS. The van der Waals surface area contributed by atoms with Crippen LogP contribution in [0.4, 0.5) is 15.8 Å². The van der Waals surface area contributed by atoms with E-state index in [2.05, 4.69) is 5.32 Å². The monoisotopic (exact) mass is 270 g/mol. The van der Waals surface area contributed by atoms with Gasteiger partial charge in [0.25, 0.3) is 5.91 Å². The quantitative estimate of drug-likeness (QED) is 0.822. The summed E-state index contributed by atoms with van der Waals surface area (Å²) in [7, 11) is 0. The minimum Gasteiger partial charge on any atom is -0.399 e. The van der Waals surface area contributed by atoms with E-state index in [4.69, 9.17) is 17.3 Å². The molecule has 0 aliphatic rings. The van der Waals surface area contributed by atoms with E-state index in [1.807, 2.05) is 0 Å². The number of anilines is 2. The van der Waals surface area contributed by atoms with Gasteiger partial charge in [0.05, 0.1) is 10.7 Å². The van der Waals surface area contributed by atoms with Crippen molar-refractivity contribution in [1.29, 1.82) is 0 Å². The molecule has 1 heterocycles.